The SMILES string of the molecule is O=C(NC1(CO)CCOCC1)c1ccc(F)cc1O. The number of ether oxygens (including phenoxy) is 1. The molecule has 0 aliphatic carbocycles. The number of aromatic hydroxyl groups is 1. The molecule has 1 aliphatic heterocycles. The van der Waals surface area contributed by atoms with Crippen molar-refractivity contribution >= 4 is 5.91 Å². The number of phenolic OH excluding ortho intramolecular Hbond substituents is 1. The molecule has 1 fully saturated rings. The Labute approximate surface area is 110 Å². The summed E-state index contributed by atoms with van der Waals surface area (Å²) in [5.74, 6) is -1.57. The number of carbonyl (C=O) groups excluding carboxylic acids is 1. The standard InChI is InChI=1S/C13H16FNO4/c14-9-1-2-10(11(17)7-9)12(18)15-13(8-16)3-5-19-6-4-13/h1-2,7,16-17H,3-6,8H2,(H,15,18). The number of nitrogens with one attached hydrogen (secondary N) is 1. The molecule has 0 unspecified atom stereocenters. The molecule has 19 heavy (non-hydrogen) atoms. The van der Waals surface area contributed by atoms with Crippen LogP contribution in [0.4, 0.5) is 4.39 Å². The Morgan fingerprint density at radius 1 is 1.42 bits per heavy atom. The zero-order valence-corrected chi connectivity index (χ0v) is 10.4. The molecule has 1 amide bonds. The van der Waals surface area contributed by atoms with Crippen LogP contribution in [0, 0.1) is 5.82 Å². The lowest BCUT2D eigenvalue weighted by Crippen LogP contribution is -2.54. The van der Waals surface area contributed by atoms with E-state index in [1.807, 2.05) is 0 Å². The number of rotatable bonds is 3. The molecule has 3 N–H and O–H groups in total. The second kappa shape index (κ2) is 5.54. The van der Waals surface area contributed by atoms with Gasteiger partial charge in [-0.1, -0.05) is 0 Å². The Morgan fingerprint density at radius 2 is 2.11 bits per heavy atom. The molecule has 0 atom stereocenters. The van der Waals surface area contributed by atoms with Gasteiger partial charge in [-0.15, -0.1) is 0 Å². The molecule has 1 saturated heterocycles. The molecule has 6 heteroatoms. The van der Waals surface area contributed by atoms with Crippen molar-refractivity contribution in [2.24, 2.45) is 0 Å². The largest absolute Gasteiger partial charge is 0.507 e. The van der Waals surface area contributed by atoms with Crippen molar-refractivity contribution < 1.29 is 24.1 Å². The first kappa shape index (κ1) is 13.8. The molecule has 1 aromatic rings. The number of aliphatic hydroxyl groups excluding tert-OH is 1. The van der Waals surface area contributed by atoms with Crippen molar-refractivity contribution in [1.82, 2.24) is 5.32 Å². The number of hydrogen-bond acceptors (Lipinski definition) is 4. The number of carbonyl (C=O) groups is 1. The molecule has 0 radical (unpaired) electrons. The van der Waals surface area contributed by atoms with Gasteiger partial charge in [0, 0.05) is 19.3 Å². The monoisotopic (exact) mass is 269 g/mol. The van der Waals surface area contributed by atoms with Crippen LogP contribution in [-0.2, 0) is 4.74 Å². The highest BCUT2D eigenvalue weighted by Crippen LogP contribution is 2.23. The fourth-order valence-electron chi connectivity index (χ4n) is 2.09. The number of aliphatic hydroxyl groups is 1. The Morgan fingerprint density at radius 3 is 2.68 bits per heavy atom. The van der Waals surface area contributed by atoms with Crippen LogP contribution in [0.1, 0.15) is 23.2 Å². The Kier molecular flexibility index (Phi) is 4.01. The summed E-state index contributed by atoms with van der Waals surface area (Å²) in [6.45, 7) is 0.705. The van der Waals surface area contributed by atoms with Gasteiger partial charge >= 0.3 is 0 Å². The number of halogens is 1. The molecule has 0 aromatic heterocycles. The second-order valence-corrected chi connectivity index (χ2v) is 4.67. The molecule has 1 aromatic carbocycles. The van der Waals surface area contributed by atoms with Crippen molar-refractivity contribution in [2.45, 2.75) is 18.4 Å². The molecule has 0 saturated carbocycles. The van der Waals surface area contributed by atoms with E-state index >= 15 is 0 Å². The van der Waals surface area contributed by atoms with Crippen LogP contribution in [0.25, 0.3) is 0 Å². The Hall–Kier alpha value is -1.66. The summed E-state index contributed by atoms with van der Waals surface area (Å²) in [5.41, 5.74) is -0.753. The second-order valence-electron chi connectivity index (χ2n) is 4.67. The fourth-order valence-corrected chi connectivity index (χ4v) is 2.09. The van der Waals surface area contributed by atoms with Crippen molar-refractivity contribution in [3.63, 3.8) is 0 Å². The number of phenols is 1. The quantitative estimate of drug-likeness (QED) is 0.758. The van der Waals surface area contributed by atoms with Crippen molar-refractivity contribution in [3.8, 4) is 5.75 Å². The topological polar surface area (TPSA) is 78.8 Å². The molecule has 5 nitrogen and oxygen atoms in total. The predicted octanol–water partition coefficient (Wildman–Crippen LogP) is 0.803. The first-order valence-electron chi connectivity index (χ1n) is 6.06. The Bertz CT molecular complexity index is 472. The van der Waals surface area contributed by atoms with E-state index in [1.165, 1.54) is 6.07 Å². The smallest absolute Gasteiger partial charge is 0.255 e. The van der Waals surface area contributed by atoms with Crippen LogP contribution >= 0.6 is 0 Å². The van der Waals surface area contributed by atoms with E-state index in [9.17, 15) is 19.4 Å². The molecule has 0 bridgehead atoms. The van der Waals surface area contributed by atoms with E-state index in [0.717, 1.165) is 12.1 Å². The minimum absolute atomic E-state index is 0.0132. The molecule has 1 heterocycles. The molecular formula is C13H16FNO4. The average Bonchev–Trinajstić information content (AvgIpc) is 2.39. The summed E-state index contributed by atoms with van der Waals surface area (Å²) in [6, 6.07) is 3.19. The molecule has 1 aliphatic rings. The minimum Gasteiger partial charge on any atom is -0.507 e. The van der Waals surface area contributed by atoms with Crippen molar-refractivity contribution in [3.05, 3.63) is 29.6 Å². The van der Waals surface area contributed by atoms with Crippen LogP contribution in [0.15, 0.2) is 18.2 Å². The lowest BCUT2D eigenvalue weighted by Gasteiger charge is -2.36. The van der Waals surface area contributed by atoms with Crippen molar-refractivity contribution in [1.29, 1.82) is 0 Å². The third-order valence-corrected chi connectivity index (χ3v) is 3.34. The van der Waals surface area contributed by atoms with Gasteiger partial charge in [0.05, 0.1) is 17.7 Å². The summed E-state index contributed by atoms with van der Waals surface area (Å²) in [6.07, 6.45) is 0.994. The highest BCUT2D eigenvalue weighted by atomic mass is 19.1. The summed E-state index contributed by atoms with van der Waals surface area (Å²) in [4.78, 5) is 12.1. The summed E-state index contributed by atoms with van der Waals surface area (Å²) >= 11 is 0. The van der Waals surface area contributed by atoms with Gasteiger partial charge in [0.1, 0.15) is 11.6 Å². The summed E-state index contributed by atoms with van der Waals surface area (Å²) < 4.78 is 18.1. The zero-order chi connectivity index (χ0) is 13.9. The van der Waals surface area contributed by atoms with Crippen molar-refractivity contribution in [2.75, 3.05) is 19.8 Å². The number of benzene rings is 1. The lowest BCUT2D eigenvalue weighted by atomic mass is 9.90. The van der Waals surface area contributed by atoms with E-state index in [4.69, 9.17) is 4.74 Å². The van der Waals surface area contributed by atoms with Gasteiger partial charge in [-0.25, -0.2) is 4.39 Å². The molecule has 104 valence electrons. The summed E-state index contributed by atoms with van der Waals surface area (Å²) in [5, 5.41) is 21.7. The Balaban J connectivity index is 2.15. The van der Waals surface area contributed by atoms with E-state index in [0.29, 0.717) is 26.1 Å². The fraction of sp³-hybridized carbons (Fsp3) is 0.462. The maximum atomic E-state index is 12.9. The molecular weight excluding hydrogens is 253 g/mol. The van der Waals surface area contributed by atoms with Gasteiger partial charge < -0.3 is 20.3 Å². The van der Waals surface area contributed by atoms with Gasteiger partial charge in [-0.05, 0) is 25.0 Å². The highest BCUT2D eigenvalue weighted by molar-refractivity contribution is 5.97. The minimum atomic E-state index is -0.740. The number of amides is 1. The predicted molar refractivity (Wildman–Crippen MR) is 65.4 cm³/mol. The first-order valence-corrected chi connectivity index (χ1v) is 6.06. The van der Waals surface area contributed by atoms with Gasteiger partial charge in [-0.3, -0.25) is 4.79 Å². The molecule has 0 spiro atoms. The van der Waals surface area contributed by atoms with Gasteiger partial charge in [0.25, 0.3) is 5.91 Å². The summed E-state index contributed by atoms with van der Waals surface area (Å²) in [7, 11) is 0. The molecule has 2 rings (SSSR count). The first-order chi connectivity index (χ1) is 9.06. The van der Waals surface area contributed by atoms with Gasteiger partial charge in [-0.2, -0.15) is 0 Å². The normalized spacial score (nSPS) is 18.0. The van der Waals surface area contributed by atoms with Crippen LogP contribution < -0.4 is 5.32 Å². The van der Waals surface area contributed by atoms with Crippen LogP contribution in [0.5, 0.6) is 5.75 Å². The van der Waals surface area contributed by atoms with E-state index in [2.05, 4.69) is 5.32 Å². The van der Waals surface area contributed by atoms with E-state index < -0.39 is 23.0 Å². The maximum absolute atomic E-state index is 12.9. The van der Waals surface area contributed by atoms with Gasteiger partial charge in [0.2, 0.25) is 0 Å². The third-order valence-electron chi connectivity index (χ3n) is 3.34. The maximum Gasteiger partial charge on any atom is 0.255 e. The van der Waals surface area contributed by atoms with Crippen LogP contribution in [0.3, 0.4) is 0 Å². The van der Waals surface area contributed by atoms with Gasteiger partial charge in [0.15, 0.2) is 0 Å². The van der Waals surface area contributed by atoms with E-state index in [-0.39, 0.29) is 12.2 Å². The number of hydrogen-bond donors (Lipinski definition) is 3. The van der Waals surface area contributed by atoms with E-state index in [1.54, 1.807) is 0 Å². The lowest BCUT2D eigenvalue weighted by molar-refractivity contribution is 0.0125. The average molecular weight is 269 g/mol. The van der Waals surface area contributed by atoms with Crippen LogP contribution in [-0.4, -0.2) is 41.5 Å². The zero-order valence-electron chi connectivity index (χ0n) is 10.4. The van der Waals surface area contributed by atoms with Crippen LogP contribution in [0.2, 0.25) is 0 Å². The third kappa shape index (κ3) is 3.02. The highest BCUT2D eigenvalue weighted by Gasteiger charge is 2.34.